The summed E-state index contributed by atoms with van der Waals surface area (Å²) >= 11 is 0. The van der Waals surface area contributed by atoms with Crippen molar-refractivity contribution in [2.75, 3.05) is 13.7 Å². The Morgan fingerprint density at radius 3 is 2.70 bits per heavy atom. The van der Waals surface area contributed by atoms with Crippen LogP contribution in [0.15, 0.2) is 42.5 Å². The summed E-state index contributed by atoms with van der Waals surface area (Å²) in [6.07, 6.45) is 2.13. The highest BCUT2D eigenvalue weighted by Gasteiger charge is 2.22. The molecule has 0 aliphatic rings. The number of carbonyl (C=O) groups is 1. The number of carbonyl (C=O) groups excluding carboxylic acids is 1. The third kappa shape index (κ3) is 3.17. The van der Waals surface area contributed by atoms with E-state index >= 15 is 0 Å². The van der Waals surface area contributed by atoms with Crippen LogP contribution < -0.4 is 5.32 Å². The zero-order chi connectivity index (χ0) is 14.4. The maximum absolute atomic E-state index is 12.1. The molecule has 2 aromatic rings. The maximum Gasteiger partial charge on any atom is 0.327 e. The van der Waals surface area contributed by atoms with Gasteiger partial charge in [0.15, 0.2) is 0 Å². The first-order chi connectivity index (χ1) is 9.77. The first kappa shape index (κ1) is 14.5. The highest BCUT2D eigenvalue weighted by molar-refractivity contribution is 5.90. The number of unbranched alkanes of at least 4 members (excludes halogenated alkanes) is 1. The van der Waals surface area contributed by atoms with E-state index in [2.05, 4.69) is 24.4 Å². The molecule has 0 saturated heterocycles. The van der Waals surface area contributed by atoms with Gasteiger partial charge in [0.1, 0.15) is 6.04 Å². The molecule has 0 bridgehead atoms. The molecule has 1 atom stereocenters. The molecule has 1 N–H and O–H groups in total. The molecule has 2 aromatic carbocycles. The second kappa shape index (κ2) is 7.06. The van der Waals surface area contributed by atoms with E-state index in [0.29, 0.717) is 0 Å². The van der Waals surface area contributed by atoms with E-state index in [4.69, 9.17) is 4.74 Å². The topological polar surface area (TPSA) is 38.3 Å². The lowest BCUT2D eigenvalue weighted by atomic mass is 9.98. The predicted octanol–water partition coefficient (Wildman–Crippen LogP) is 3.44. The Labute approximate surface area is 119 Å². The van der Waals surface area contributed by atoms with Crippen molar-refractivity contribution in [3.8, 4) is 0 Å². The van der Waals surface area contributed by atoms with Crippen molar-refractivity contribution < 1.29 is 9.53 Å². The minimum atomic E-state index is -0.405. The summed E-state index contributed by atoms with van der Waals surface area (Å²) in [6.45, 7) is 2.94. The molecule has 3 nitrogen and oxygen atoms in total. The van der Waals surface area contributed by atoms with Gasteiger partial charge in [0.2, 0.25) is 0 Å². The molecule has 0 radical (unpaired) electrons. The Morgan fingerprint density at radius 2 is 1.95 bits per heavy atom. The third-order valence-corrected chi connectivity index (χ3v) is 3.45. The molecule has 0 aliphatic carbocycles. The zero-order valence-electron chi connectivity index (χ0n) is 12.1. The van der Waals surface area contributed by atoms with Crippen molar-refractivity contribution in [1.29, 1.82) is 0 Å². The summed E-state index contributed by atoms with van der Waals surface area (Å²) in [6, 6.07) is 13.7. The first-order valence-electron chi connectivity index (χ1n) is 7.06. The average molecular weight is 271 g/mol. The van der Waals surface area contributed by atoms with E-state index in [1.54, 1.807) is 0 Å². The van der Waals surface area contributed by atoms with Crippen molar-refractivity contribution in [2.45, 2.75) is 25.8 Å². The highest BCUT2D eigenvalue weighted by atomic mass is 16.5. The molecule has 0 heterocycles. The van der Waals surface area contributed by atoms with Gasteiger partial charge in [-0.15, -0.1) is 0 Å². The van der Waals surface area contributed by atoms with Gasteiger partial charge in [0, 0.05) is 0 Å². The van der Waals surface area contributed by atoms with Crippen molar-refractivity contribution in [3.05, 3.63) is 48.0 Å². The molecule has 0 saturated carbocycles. The second-order valence-corrected chi connectivity index (χ2v) is 4.83. The lowest BCUT2D eigenvalue weighted by Crippen LogP contribution is -2.30. The number of esters is 1. The van der Waals surface area contributed by atoms with Crippen LogP contribution in [0.4, 0.5) is 0 Å². The summed E-state index contributed by atoms with van der Waals surface area (Å²) in [5.41, 5.74) is 0.978. The smallest absolute Gasteiger partial charge is 0.327 e. The first-order valence-corrected chi connectivity index (χ1v) is 7.06. The number of hydrogen-bond donors (Lipinski definition) is 1. The van der Waals surface area contributed by atoms with E-state index < -0.39 is 6.04 Å². The van der Waals surface area contributed by atoms with Gasteiger partial charge < -0.3 is 10.1 Å². The van der Waals surface area contributed by atoms with Crippen molar-refractivity contribution in [1.82, 2.24) is 5.32 Å². The van der Waals surface area contributed by atoms with Gasteiger partial charge >= 0.3 is 5.97 Å². The average Bonchev–Trinajstić information content (AvgIpc) is 2.50. The number of fused-ring (bicyclic) bond motifs is 1. The second-order valence-electron chi connectivity index (χ2n) is 4.83. The van der Waals surface area contributed by atoms with Crippen LogP contribution in [0, 0.1) is 0 Å². The molecule has 20 heavy (non-hydrogen) atoms. The van der Waals surface area contributed by atoms with Gasteiger partial charge in [-0.3, -0.25) is 0 Å². The number of hydrogen-bond acceptors (Lipinski definition) is 3. The van der Waals surface area contributed by atoms with E-state index in [0.717, 1.165) is 35.7 Å². The standard InChI is InChI=1S/C17H21NO2/c1-3-4-12-18-16(17(19)20-2)15-11-7-9-13-8-5-6-10-14(13)15/h5-11,16,18H,3-4,12H2,1-2H3. The number of ether oxygens (including phenoxy) is 1. The van der Waals surface area contributed by atoms with Gasteiger partial charge in [0.05, 0.1) is 7.11 Å². The molecule has 3 heteroatoms. The van der Waals surface area contributed by atoms with Crippen LogP contribution in [0.25, 0.3) is 10.8 Å². The zero-order valence-corrected chi connectivity index (χ0v) is 12.1. The SMILES string of the molecule is CCCCNC(C(=O)OC)c1cccc2ccccc12. The van der Waals surface area contributed by atoms with Gasteiger partial charge in [0.25, 0.3) is 0 Å². The summed E-state index contributed by atoms with van der Waals surface area (Å²) in [5.74, 6) is -0.238. The number of nitrogens with one attached hydrogen (secondary N) is 1. The lowest BCUT2D eigenvalue weighted by molar-refractivity contribution is -0.143. The predicted molar refractivity (Wildman–Crippen MR) is 81.6 cm³/mol. The Bertz CT molecular complexity index is 575. The molecule has 106 valence electrons. The largest absolute Gasteiger partial charge is 0.468 e. The fourth-order valence-electron chi connectivity index (χ4n) is 2.36. The minimum absolute atomic E-state index is 0.238. The normalized spacial score (nSPS) is 12.3. The Morgan fingerprint density at radius 1 is 1.20 bits per heavy atom. The molecule has 0 spiro atoms. The minimum Gasteiger partial charge on any atom is -0.468 e. The number of benzene rings is 2. The summed E-state index contributed by atoms with van der Waals surface area (Å²) in [4.78, 5) is 12.1. The van der Waals surface area contributed by atoms with Crippen LogP contribution in [-0.4, -0.2) is 19.6 Å². The van der Waals surface area contributed by atoms with Crippen LogP contribution in [0.3, 0.4) is 0 Å². The van der Waals surface area contributed by atoms with Crippen LogP contribution in [0.5, 0.6) is 0 Å². The number of rotatable bonds is 6. The monoisotopic (exact) mass is 271 g/mol. The quantitative estimate of drug-likeness (QED) is 0.646. The Hall–Kier alpha value is -1.87. The van der Waals surface area contributed by atoms with Crippen molar-refractivity contribution in [3.63, 3.8) is 0 Å². The third-order valence-electron chi connectivity index (χ3n) is 3.45. The molecule has 1 unspecified atom stereocenters. The number of methoxy groups -OCH3 is 1. The van der Waals surface area contributed by atoms with Gasteiger partial charge in [-0.1, -0.05) is 55.8 Å². The van der Waals surface area contributed by atoms with Gasteiger partial charge in [-0.25, -0.2) is 4.79 Å². The van der Waals surface area contributed by atoms with Gasteiger partial charge in [-0.05, 0) is 29.3 Å². The summed E-state index contributed by atoms with van der Waals surface area (Å²) < 4.78 is 4.94. The molecule has 0 fully saturated rings. The summed E-state index contributed by atoms with van der Waals surface area (Å²) in [7, 11) is 1.43. The van der Waals surface area contributed by atoms with Crippen LogP contribution in [0.1, 0.15) is 31.4 Å². The van der Waals surface area contributed by atoms with Crippen LogP contribution in [0.2, 0.25) is 0 Å². The Kier molecular flexibility index (Phi) is 5.13. The highest BCUT2D eigenvalue weighted by Crippen LogP contribution is 2.25. The van der Waals surface area contributed by atoms with Crippen LogP contribution >= 0.6 is 0 Å². The van der Waals surface area contributed by atoms with Crippen molar-refractivity contribution >= 4 is 16.7 Å². The molecule has 0 aliphatic heterocycles. The summed E-state index contributed by atoms with van der Waals surface area (Å²) in [5, 5.41) is 5.53. The van der Waals surface area contributed by atoms with E-state index in [1.165, 1.54) is 7.11 Å². The maximum atomic E-state index is 12.1. The molecular weight excluding hydrogens is 250 g/mol. The molecule has 2 rings (SSSR count). The van der Waals surface area contributed by atoms with E-state index in [9.17, 15) is 4.79 Å². The van der Waals surface area contributed by atoms with Crippen molar-refractivity contribution in [2.24, 2.45) is 0 Å². The lowest BCUT2D eigenvalue weighted by Gasteiger charge is -2.18. The van der Waals surface area contributed by atoms with Crippen LogP contribution in [-0.2, 0) is 9.53 Å². The molecule has 0 aromatic heterocycles. The van der Waals surface area contributed by atoms with E-state index in [-0.39, 0.29) is 5.97 Å². The Balaban J connectivity index is 2.37. The molecular formula is C17H21NO2. The molecule has 0 amide bonds. The fourth-order valence-corrected chi connectivity index (χ4v) is 2.36. The van der Waals surface area contributed by atoms with E-state index in [1.807, 2.05) is 30.3 Å². The fraction of sp³-hybridized carbons (Fsp3) is 0.353. The van der Waals surface area contributed by atoms with Gasteiger partial charge in [-0.2, -0.15) is 0 Å².